The van der Waals surface area contributed by atoms with E-state index in [9.17, 15) is 4.79 Å². The third-order valence-corrected chi connectivity index (χ3v) is 3.35. The van der Waals surface area contributed by atoms with Gasteiger partial charge in [-0.1, -0.05) is 31.4 Å². The number of halogens is 1. The fourth-order valence-electron chi connectivity index (χ4n) is 2.09. The van der Waals surface area contributed by atoms with Crippen molar-refractivity contribution < 1.29 is 9.53 Å². The molecule has 0 spiro atoms. The lowest BCUT2D eigenvalue weighted by molar-refractivity contribution is -0.133. The highest BCUT2D eigenvalue weighted by Gasteiger charge is 2.21. The van der Waals surface area contributed by atoms with Crippen LogP contribution in [0.4, 0.5) is 0 Å². The lowest BCUT2D eigenvalue weighted by Crippen LogP contribution is -2.33. The van der Waals surface area contributed by atoms with Gasteiger partial charge in [-0.3, -0.25) is 4.79 Å². The van der Waals surface area contributed by atoms with Gasteiger partial charge in [-0.25, -0.2) is 0 Å². The maximum absolute atomic E-state index is 11.9. The molecule has 1 amide bonds. The van der Waals surface area contributed by atoms with Crippen molar-refractivity contribution in [2.45, 2.75) is 32.7 Å². The number of rotatable bonds is 4. The van der Waals surface area contributed by atoms with Crippen LogP contribution in [-0.2, 0) is 11.3 Å². The Morgan fingerprint density at radius 1 is 1.39 bits per heavy atom. The predicted molar refractivity (Wildman–Crippen MR) is 71.9 cm³/mol. The zero-order valence-corrected chi connectivity index (χ0v) is 11.4. The topological polar surface area (TPSA) is 29.5 Å². The third-order valence-electron chi connectivity index (χ3n) is 3.12. The fraction of sp³-hybridized carbons (Fsp3) is 0.500. The Labute approximate surface area is 113 Å². The maximum atomic E-state index is 11.9. The van der Waals surface area contributed by atoms with Crippen molar-refractivity contribution in [3.8, 4) is 5.75 Å². The van der Waals surface area contributed by atoms with Crippen molar-refractivity contribution in [1.82, 2.24) is 4.90 Å². The van der Waals surface area contributed by atoms with Crippen LogP contribution < -0.4 is 4.74 Å². The second-order valence-electron chi connectivity index (χ2n) is 4.56. The van der Waals surface area contributed by atoms with Gasteiger partial charge in [-0.05, 0) is 24.6 Å². The van der Waals surface area contributed by atoms with Gasteiger partial charge in [0.2, 0.25) is 0 Å². The van der Waals surface area contributed by atoms with Gasteiger partial charge in [-0.2, -0.15) is 0 Å². The molecule has 0 N–H and O–H groups in total. The van der Waals surface area contributed by atoms with Crippen molar-refractivity contribution in [2.24, 2.45) is 0 Å². The van der Waals surface area contributed by atoms with Gasteiger partial charge >= 0.3 is 0 Å². The Hall–Kier alpha value is -1.22. The van der Waals surface area contributed by atoms with Crippen molar-refractivity contribution in [3.63, 3.8) is 0 Å². The Kier molecular flexibility index (Phi) is 4.48. The molecule has 1 aliphatic rings. The van der Waals surface area contributed by atoms with Gasteiger partial charge in [0.05, 0.1) is 0 Å². The molecule has 4 heteroatoms. The molecule has 0 atom stereocenters. The SMILES string of the molecule is CCCCCN1Cc2cc(Cl)ccc2OCC1=O. The minimum absolute atomic E-state index is 0.0541. The highest BCUT2D eigenvalue weighted by atomic mass is 35.5. The molecule has 0 radical (unpaired) electrons. The number of hydrogen-bond acceptors (Lipinski definition) is 2. The summed E-state index contributed by atoms with van der Waals surface area (Å²) in [5, 5.41) is 0.681. The second kappa shape index (κ2) is 6.10. The number of carbonyl (C=O) groups is 1. The lowest BCUT2D eigenvalue weighted by Gasteiger charge is -2.19. The highest BCUT2D eigenvalue weighted by molar-refractivity contribution is 6.30. The summed E-state index contributed by atoms with van der Waals surface area (Å²) >= 11 is 5.98. The molecule has 1 heterocycles. The molecule has 2 rings (SSSR count). The van der Waals surface area contributed by atoms with E-state index >= 15 is 0 Å². The molecule has 0 bridgehead atoms. The third kappa shape index (κ3) is 3.16. The van der Waals surface area contributed by atoms with Crippen molar-refractivity contribution in [3.05, 3.63) is 28.8 Å². The van der Waals surface area contributed by atoms with Gasteiger partial charge in [0, 0.05) is 23.7 Å². The fourth-order valence-corrected chi connectivity index (χ4v) is 2.29. The Morgan fingerprint density at radius 3 is 3.00 bits per heavy atom. The number of nitrogens with zero attached hydrogens (tertiary/aromatic N) is 1. The Balaban J connectivity index is 2.10. The van der Waals surface area contributed by atoms with E-state index in [-0.39, 0.29) is 12.5 Å². The number of ether oxygens (including phenoxy) is 1. The van der Waals surface area contributed by atoms with Gasteiger partial charge < -0.3 is 9.64 Å². The molecule has 0 unspecified atom stereocenters. The van der Waals surface area contributed by atoms with Crippen LogP contribution in [0.5, 0.6) is 5.75 Å². The van der Waals surface area contributed by atoms with Crippen molar-refractivity contribution >= 4 is 17.5 Å². The minimum Gasteiger partial charge on any atom is -0.483 e. The van der Waals surface area contributed by atoms with Crippen LogP contribution in [0.1, 0.15) is 31.7 Å². The van der Waals surface area contributed by atoms with Gasteiger partial charge in [-0.15, -0.1) is 0 Å². The predicted octanol–water partition coefficient (Wildman–Crippen LogP) is 3.25. The normalized spacial score (nSPS) is 15.0. The average molecular weight is 268 g/mol. The summed E-state index contributed by atoms with van der Waals surface area (Å²) in [5.41, 5.74) is 0.991. The number of hydrogen-bond donors (Lipinski definition) is 0. The molecular formula is C14H18ClNO2. The molecule has 1 aromatic carbocycles. The number of fused-ring (bicyclic) bond motifs is 1. The van der Waals surface area contributed by atoms with Gasteiger partial charge in [0.25, 0.3) is 5.91 Å². The summed E-state index contributed by atoms with van der Waals surface area (Å²) in [4.78, 5) is 13.8. The number of benzene rings is 1. The monoisotopic (exact) mass is 267 g/mol. The molecule has 0 aliphatic carbocycles. The average Bonchev–Trinajstić information content (AvgIpc) is 2.50. The van der Waals surface area contributed by atoms with Crippen LogP contribution in [0.2, 0.25) is 5.02 Å². The molecule has 3 nitrogen and oxygen atoms in total. The van der Waals surface area contributed by atoms with Crippen LogP contribution >= 0.6 is 11.6 Å². The standard InChI is InChI=1S/C14H18ClNO2/c1-2-3-4-7-16-9-11-8-12(15)5-6-13(11)18-10-14(16)17/h5-6,8H,2-4,7,9-10H2,1H3. The number of unbranched alkanes of at least 4 members (excludes halogenated alkanes) is 2. The van der Waals surface area contributed by atoms with E-state index in [0.717, 1.165) is 37.1 Å². The van der Waals surface area contributed by atoms with Gasteiger partial charge in [0.15, 0.2) is 6.61 Å². The quantitative estimate of drug-likeness (QED) is 0.784. The van der Waals surface area contributed by atoms with E-state index in [2.05, 4.69) is 6.92 Å². The Morgan fingerprint density at radius 2 is 2.22 bits per heavy atom. The summed E-state index contributed by atoms with van der Waals surface area (Å²) in [6.07, 6.45) is 3.34. The van der Waals surface area contributed by atoms with Crippen LogP contribution in [0.25, 0.3) is 0 Å². The molecule has 1 aliphatic heterocycles. The zero-order chi connectivity index (χ0) is 13.0. The Bertz CT molecular complexity index is 434. The molecule has 98 valence electrons. The molecule has 1 aromatic rings. The maximum Gasteiger partial charge on any atom is 0.260 e. The number of carbonyl (C=O) groups excluding carboxylic acids is 1. The van der Waals surface area contributed by atoms with Crippen molar-refractivity contribution in [1.29, 1.82) is 0 Å². The number of amides is 1. The molecule has 0 aromatic heterocycles. The van der Waals surface area contributed by atoms with Crippen molar-refractivity contribution in [2.75, 3.05) is 13.2 Å². The molecular weight excluding hydrogens is 250 g/mol. The first kappa shape index (κ1) is 13.2. The summed E-state index contributed by atoms with van der Waals surface area (Å²) in [6, 6.07) is 5.50. The molecule has 0 fully saturated rings. The zero-order valence-electron chi connectivity index (χ0n) is 10.6. The van der Waals surface area contributed by atoms with Crippen LogP contribution in [0, 0.1) is 0 Å². The molecule has 18 heavy (non-hydrogen) atoms. The van der Waals surface area contributed by atoms with E-state index in [1.165, 1.54) is 0 Å². The largest absolute Gasteiger partial charge is 0.483 e. The summed E-state index contributed by atoms with van der Waals surface area (Å²) in [6.45, 7) is 3.67. The van der Waals surface area contributed by atoms with Gasteiger partial charge in [0.1, 0.15) is 5.75 Å². The molecule has 0 saturated heterocycles. The van der Waals surface area contributed by atoms with Crippen LogP contribution in [-0.4, -0.2) is 24.0 Å². The second-order valence-corrected chi connectivity index (χ2v) is 5.00. The first-order valence-electron chi connectivity index (χ1n) is 6.39. The van der Waals surface area contributed by atoms with Crippen LogP contribution in [0.15, 0.2) is 18.2 Å². The van der Waals surface area contributed by atoms with E-state index in [1.54, 1.807) is 6.07 Å². The first-order chi connectivity index (χ1) is 8.70. The smallest absolute Gasteiger partial charge is 0.260 e. The van der Waals surface area contributed by atoms with Crippen LogP contribution in [0.3, 0.4) is 0 Å². The highest BCUT2D eigenvalue weighted by Crippen LogP contribution is 2.26. The van der Waals surface area contributed by atoms with E-state index in [4.69, 9.17) is 16.3 Å². The van der Waals surface area contributed by atoms with E-state index < -0.39 is 0 Å². The van der Waals surface area contributed by atoms with E-state index in [0.29, 0.717) is 11.6 Å². The summed E-state index contributed by atoms with van der Waals surface area (Å²) in [5.74, 6) is 0.823. The van der Waals surface area contributed by atoms with E-state index in [1.807, 2.05) is 17.0 Å². The first-order valence-corrected chi connectivity index (χ1v) is 6.77. The summed E-state index contributed by atoms with van der Waals surface area (Å²) < 4.78 is 5.50. The minimum atomic E-state index is 0.0541. The summed E-state index contributed by atoms with van der Waals surface area (Å²) in [7, 11) is 0. The molecule has 0 saturated carbocycles. The lowest BCUT2D eigenvalue weighted by atomic mass is 10.2.